The molecule has 0 aliphatic carbocycles. The van der Waals surface area contributed by atoms with Crippen LogP contribution in [0.2, 0.25) is 10.0 Å². The number of carbonyl (C=O) groups excluding carboxylic acids is 3. The molecule has 1 aliphatic rings. The lowest BCUT2D eigenvalue weighted by molar-refractivity contribution is -0.123. The Balaban J connectivity index is 1.59. The smallest absolute Gasteiger partial charge is 0.312 e. The Morgan fingerprint density at radius 2 is 1.44 bits per heavy atom. The van der Waals surface area contributed by atoms with Gasteiger partial charge < -0.3 is 4.90 Å². The van der Waals surface area contributed by atoms with Crippen LogP contribution in [0, 0.1) is 0 Å². The number of halogens is 2. The predicted octanol–water partition coefficient (Wildman–Crippen LogP) is 5.62. The van der Waals surface area contributed by atoms with Crippen molar-refractivity contribution in [1.29, 1.82) is 0 Å². The van der Waals surface area contributed by atoms with Gasteiger partial charge >= 0.3 is 6.03 Å². The molecule has 162 valence electrons. The van der Waals surface area contributed by atoms with Crippen molar-refractivity contribution in [2.45, 2.75) is 18.9 Å². The second kappa shape index (κ2) is 8.41. The average Bonchev–Trinajstić information content (AvgIpc) is 2.94. The van der Waals surface area contributed by atoms with Crippen molar-refractivity contribution in [2.75, 3.05) is 11.9 Å². The second-order valence-corrected chi connectivity index (χ2v) is 8.83. The Hall–Kier alpha value is -3.15. The summed E-state index contributed by atoms with van der Waals surface area (Å²) >= 11 is 12.1. The molecular formula is C25H20Cl2N2O3. The van der Waals surface area contributed by atoms with Gasteiger partial charge in [-0.15, -0.1) is 0 Å². The third-order valence-electron chi connectivity index (χ3n) is 5.79. The average molecular weight is 467 g/mol. The van der Waals surface area contributed by atoms with E-state index in [0.717, 1.165) is 10.5 Å². The number of hydrogen-bond acceptors (Lipinski definition) is 3. The minimum absolute atomic E-state index is 0.0726. The van der Waals surface area contributed by atoms with Gasteiger partial charge in [-0.25, -0.2) is 9.69 Å². The molecule has 5 nitrogen and oxygen atoms in total. The zero-order valence-corrected chi connectivity index (χ0v) is 19.0. The first-order chi connectivity index (χ1) is 15.2. The molecule has 3 aromatic carbocycles. The van der Waals surface area contributed by atoms with E-state index in [1.165, 1.54) is 17.0 Å². The molecule has 0 aromatic heterocycles. The van der Waals surface area contributed by atoms with E-state index < -0.39 is 11.6 Å². The van der Waals surface area contributed by atoms with Crippen molar-refractivity contribution in [3.8, 4) is 0 Å². The first-order valence-electron chi connectivity index (χ1n) is 9.98. The molecule has 1 saturated heterocycles. The van der Waals surface area contributed by atoms with E-state index in [1.54, 1.807) is 44.3 Å². The maximum atomic E-state index is 13.4. The highest BCUT2D eigenvalue weighted by Gasteiger charge is 2.53. The number of anilines is 1. The summed E-state index contributed by atoms with van der Waals surface area (Å²) in [5.41, 5.74) is 1.23. The summed E-state index contributed by atoms with van der Waals surface area (Å²) < 4.78 is 0. The monoisotopic (exact) mass is 466 g/mol. The summed E-state index contributed by atoms with van der Waals surface area (Å²) in [6.45, 7) is 1.72. The SMILES string of the molecule is CN1C(=O)N(c2cc(Cl)cc(Cl)c2)C(=O)[C@@]1(C)Cc1ccc(C(=O)c2ccccc2)cc1. The maximum Gasteiger partial charge on any atom is 0.332 e. The van der Waals surface area contributed by atoms with Gasteiger partial charge in [0.15, 0.2) is 5.78 Å². The van der Waals surface area contributed by atoms with Gasteiger partial charge in [0, 0.05) is 34.6 Å². The highest BCUT2D eigenvalue weighted by Crippen LogP contribution is 2.35. The van der Waals surface area contributed by atoms with Crippen molar-refractivity contribution in [3.63, 3.8) is 0 Å². The summed E-state index contributed by atoms with van der Waals surface area (Å²) in [5.74, 6) is -0.440. The first-order valence-corrected chi connectivity index (χ1v) is 10.7. The molecule has 1 heterocycles. The van der Waals surface area contributed by atoms with E-state index in [0.29, 0.717) is 33.3 Å². The Morgan fingerprint density at radius 1 is 0.875 bits per heavy atom. The molecule has 7 heteroatoms. The number of carbonyl (C=O) groups is 3. The van der Waals surface area contributed by atoms with E-state index in [2.05, 4.69) is 0 Å². The molecule has 1 atom stereocenters. The van der Waals surface area contributed by atoms with Gasteiger partial charge in [-0.1, -0.05) is 77.8 Å². The van der Waals surface area contributed by atoms with E-state index in [4.69, 9.17) is 23.2 Å². The largest absolute Gasteiger partial charge is 0.332 e. The van der Waals surface area contributed by atoms with Crippen LogP contribution in [0.3, 0.4) is 0 Å². The van der Waals surface area contributed by atoms with Gasteiger partial charge in [0.1, 0.15) is 5.54 Å². The number of hydrogen-bond donors (Lipinski definition) is 0. The Kier molecular flexibility index (Phi) is 5.80. The van der Waals surface area contributed by atoms with Gasteiger partial charge in [0.05, 0.1) is 5.69 Å². The number of amides is 3. The number of ketones is 1. The van der Waals surface area contributed by atoms with Gasteiger partial charge in [-0.2, -0.15) is 0 Å². The molecule has 3 aromatic rings. The highest BCUT2D eigenvalue weighted by atomic mass is 35.5. The van der Waals surface area contributed by atoms with Crippen LogP contribution >= 0.6 is 23.2 Å². The van der Waals surface area contributed by atoms with Gasteiger partial charge in [0.2, 0.25) is 0 Å². The molecule has 0 bridgehead atoms. The molecule has 0 saturated carbocycles. The Bertz CT molecular complexity index is 1190. The Labute approximate surface area is 196 Å². The minimum Gasteiger partial charge on any atom is -0.312 e. The van der Waals surface area contributed by atoms with Crippen LogP contribution < -0.4 is 4.90 Å². The zero-order valence-electron chi connectivity index (χ0n) is 17.5. The van der Waals surface area contributed by atoms with Crippen LogP contribution in [-0.2, 0) is 11.2 Å². The van der Waals surface area contributed by atoms with Crippen molar-refractivity contribution in [3.05, 3.63) is 99.5 Å². The van der Waals surface area contributed by atoms with Crippen LogP contribution in [0.4, 0.5) is 10.5 Å². The molecule has 0 spiro atoms. The van der Waals surface area contributed by atoms with Crippen molar-refractivity contribution in [2.24, 2.45) is 0 Å². The predicted molar refractivity (Wildman–Crippen MR) is 126 cm³/mol. The van der Waals surface area contributed by atoms with Crippen LogP contribution in [-0.4, -0.2) is 35.2 Å². The van der Waals surface area contributed by atoms with Crippen molar-refractivity contribution >= 4 is 46.6 Å². The number of nitrogens with zero attached hydrogens (tertiary/aromatic N) is 2. The quantitative estimate of drug-likeness (QED) is 0.361. The summed E-state index contributed by atoms with van der Waals surface area (Å²) in [5, 5.41) is 0.672. The molecule has 4 rings (SSSR count). The topological polar surface area (TPSA) is 57.7 Å². The van der Waals surface area contributed by atoms with E-state index in [1.807, 2.05) is 30.3 Å². The zero-order chi connectivity index (χ0) is 23.0. The standard InChI is InChI=1S/C25H20Cl2N2O3/c1-25(15-16-8-10-18(11-9-16)22(30)17-6-4-3-5-7-17)23(31)29(24(32)28(25)2)21-13-19(26)12-20(27)14-21/h3-14H,15H2,1-2H3/t25-/m1/s1. The normalized spacial score (nSPS) is 18.4. The van der Waals surface area contributed by atoms with E-state index >= 15 is 0 Å². The Morgan fingerprint density at radius 3 is 2.03 bits per heavy atom. The lowest BCUT2D eigenvalue weighted by atomic mass is 9.90. The molecule has 0 radical (unpaired) electrons. The van der Waals surface area contributed by atoms with E-state index in [-0.39, 0.29) is 11.7 Å². The summed E-state index contributed by atoms with van der Waals surface area (Å²) in [6, 6.07) is 20.3. The number of benzene rings is 3. The lowest BCUT2D eigenvalue weighted by Crippen LogP contribution is -2.47. The van der Waals surface area contributed by atoms with Gasteiger partial charge in [-0.3, -0.25) is 9.59 Å². The third kappa shape index (κ3) is 3.90. The van der Waals surface area contributed by atoms with Gasteiger partial charge in [0.25, 0.3) is 5.91 Å². The second-order valence-electron chi connectivity index (χ2n) is 7.95. The minimum atomic E-state index is -1.10. The molecule has 0 unspecified atom stereocenters. The fourth-order valence-electron chi connectivity index (χ4n) is 3.85. The summed E-state index contributed by atoms with van der Waals surface area (Å²) in [7, 11) is 1.60. The molecular weight excluding hydrogens is 447 g/mol. The number of likely N-dealkylation sites (N-methyl/N-ethyl adjacent to an activating group) is 1. The fourth-order valence-corrected chi connectivity index (χ4v) is 4.36. The van der Waals surface area contributed by atoms with Crippen LogP contribution in [0.5, 0.6) is 0 Å². The first kappa shape index (κ1) is 22.1. The molecule has 1 fully saturated rings. The summed E-state index contributed by atoms with van der Waals surface area (Å²) in [6.07, 6.45) is 0.290. The van der Waals surface area contributed by atoms with Gasteiger partial charge in [-0.05, 0) is 30.7 Å². The molecule has 3 amide bonds. The van der Waals surface area contributed by atoms with Crippen LogP contribution in [0.1, 0.15) is 28.4 Å². The number of urea groups is 1. The van der Waals surface area contributed by atoms with E-state index in [9.17, 15) is 14.4 Å². The van der Waals surface area contributed by atoms with Crippen molar-refractivity contribution < 1.29 is 14.4 Å². The molecule has 0 N–H and O–H groups in total. The highest BCUT2D eigenvalue weighted by molar-refractivity contribution is 6.35. The maximum absolute atomic E-state index is 13.4. The third-order valence-corrected chi connectivity index (χ3v) is 6.22. The fraction of sp³-hybridized carbons (Fsp3) is 0.160. The van der Waals surface area contributed by atoms with Crippen LogP contribution in [0.25, 0.3) is 0 Å². The molecule has 1 aliphatic heterocycles. The van der Waals surface area contributed by atoms with Crippen molar-refractivity contribution in [1.82, 2.24) is 4.90 Å². The lowest BCUT2D eigenvalue weighted by Gasteiger charge is -2.28. The number of imide groups is 1. The number of rotatable bonds is 5. The summed E-state index contributed by atoms with van der Waals surface area (Å²) in [4.78, 5) is 41.5. The van der Waals surface area contributed by atoms with Crippen LogP contribution in [0.15, 0.2) is 72.8 Å². The molecule has 32 heavy (non-hydrogen) atoms.